The molecule has 0 spiro atoms. The fraction of sp³-hybridized carbons (Fsp3) is 0.286. The molecule has 0 aliphatic carbocycles. The van der Waals surface area contributed by atoms with Crippen LogP contribution in [0.25, 0.3) is 0 Å². The van der Waals surface area contributed by atoms with Gasteiger partial charge in [0, 0.05) is 11.3 Å². The summed E-state index contributed by atoms with van der Waals surface area (Å²) in [6.07, 6.45) is 2.06. The van der Waals surface area contributed by atoms with Gasteiger partial charge in [0.1, 0.15) is 10.8 Å². The third-order valence-electron chi connectivity index (χ3n) is 3.14. The number of nitrogens with one attached hydrogen (secondary N) is 1. The average Bonchev–Trinajstić information content (AvgIpc) is 2.95. The molecule has 2 aromatic heterocycles. The molecule has 2 N–H and O–H groups in total. The van der Waals surface area contributed by atoms with Crippen molar-refractivity contribution in [3.63, 3.8) is 0 Å². The molecule has 0 bridgehead atoms. The number of carbonyl (C=O) groups is 2. The zero-order valence-corrected chi connectivity index (χ0v) is 12.3. The quantitative estimate of drug-likeness (QED) is 0.904. The first kappa shape index (κ1) is 14.3. The van der Waals surface area contributed by atoms with Crippen molar-refractivity contribution >= 4 is 28.2 Å². The molecule has 0 unspecified atom stereocenters. The fourth-order valence-electron chi connectivity index (χ4n) is 1.96. The van der Waals surface area contributed by atoms with E-state index < -0.39 is 5.97 Å². The van der Waals surface area contributed by atoms with Crippen molar-refractivity contribution in [2.24, 2.45) is 0 Å². The van der Waals surface area contributed by atoms with E-state index in [1.54, 1.807) is 13.0 Å². The molecule has 2 aromatic rings. The van der Waals surface area contributed by atoms with E-state index in [4.69, 9.17) is 4.42 Å². The van der Waals surface area contributed by atoms with Crippen LogP contribution in [0.5, 0.6) is 0 Å². The number of anilines is 1. The summed E-state index contributed by atoms with van der Waals surface area (Å²) in [4.78, 5) is 24.4. The maximum absolute atomic E-state index is 12.2. The molecule has 106 valence electrons. The Bertz CT molecular complexity index is 669. The van der Waals surface area contributed by atoms with E-state index in [0.717, 1.165) is 4.88 Å². The zero-order valence-electron chi connectivity index (χ0n) is 11.4. The number of amides is 1. The Labute approximate surface area is 120 Å². The van der Waals surface area contributed by atoms with Crippen LogP contribution in [0.1, 0.15) is 43.8 Å². The lowest BCUT2D eigenvalue weighted by molar-refractivity contribution is 0.0697. The van der Waals surface area contributed by atoms with E-state index in [-0.39, 0.29) is 11.5 Å². The molecule has 5 nitrogen and oxygen atoms in total. The molecule has 0 radical (unpaired) electrons. The third kappa shape index (κ3) is 2.46. The van der Waals surface area contributed by atoms with E-state index in [9.17, 15) is 14.7 Å². The topological polar surface area (TPSA) is 79.5 Å². The summed E-state index contributed by atoms with van der Waals surface area (Å²) in [7, 11) is 0. The van der Waals surface area contributed by atoms with Gasteiger partial charge in [0.25, 0.3) is 5.91 Å². The number of hydrogen-bond donors (Lipinski definition) is 2. The maximum Gasteiger partial charge on any atom is 0.338 e. The minimum Gasteiger partial charge on any atom is -0.478 e. The van der Waals surface area contributed by atoms with Gasteiger partial charge in [0.05, 0.1) is 17.4 Å². The highest BCUT2D eigenvalue weighted by atomic mass is 32.1. The summed E-state index contributed by atoms with van der Waals surface area (Å²) in [5, 5.41) is 12.3. The number of rotatable bonds is 4. The molecule has 2 rings (SSSR count). The predicted molar refractivity (Wildman–Crippen MR) is 76.8 cm³/mol. The Morgan fingerprint density at radius 2 is 2.10 bits per heavy atom. The Kier molecular flexibility index (Phi) is 3.94. The minimum atomic E-state index is -1.04. The van der Waals surface area contributed by atoms with Crippen LogP contribution in [-0.4, -0.2) is 17.0 Å². The second-order valence-electron chi connectivity index (χ2n) is 4.36. The molecular weight excluding hydrogens is 278 g/mol. The lowest BCUT2D eigenvalue weighted by Gasteiger charge is -2.04. The van der Waals surface area contributed by atoms with Crippen molar-refractivity contribution in [2.45, 2.75) is 27.2 Å². The second kappa shape index (κ2) is 5.50. The molecule has 0 fully saturated rings. The monoisotopic (exact) mass is 293 g/mol. The van der Waals surface area contributed by atoms with Gasteiger partial charge in [-0.3, -0.25) is 4.79 Å². The van der Waals surface area contributed by atoms with Crippen LogP contribution in [-0.2, 0) is 6.42 Å². The number of thiophene rings is 1. The molecule has 6 heteroatoms. The van der Waals surface area contributed by atoms with Crippen LogP contribution < -0.4 is 5.32 Å². The zero-order chi connectivity index (χ0) is 14.9. The number of carboxylic acids is 1. The van der Waals surface area contributed by atoms with E-state index >= 15 is 0 Å². The molecule has 2 heterocycles. The first-order chi connectivity index (χ1) is 9.45. The smallest absolute Gasteiger partial charge is 0.338 e. The minimum absolute atomic E-state index is 0.155. The number of aryl methyl sites for hydroxylation is 2. The number of hydrogen-bond acceptors (Lipinski definition) is 4. The summed E-state index contributed by atoms with van der Waals surface area (Å²) in [5.41, 5.74) is 1.27. The Morgan fingerprint density at radius 1 is 1.40 bits per heavy atom. The first-order valence-electron chi connectivity index (χ1n) is 6.16. The van der Waals surface area contributed by atoms with Gasteiger partial charge in [0.2, 0.25) is 0 Å². The van der Waals surface area contributed by atoms with Crippen molar-refractivity contribution in [2.75, 3.05) is 5.32 Å². The maximum atomic E-state index is 12.2. The van der Waals surface area contributed by atoms with E-state index in [2.05, 4.69) is 5.32 Å². The molecule has 0 atom stereocenters. The Hall–Kier alpha value is -2.08. The first-order valence-corrected chi connectivity index (χ1v) is 6.98. The molecule has 20 heavy (non-hydrogen) atoms. The SMILES string of the molecule is CCc1occc1C(=O)Nc1sc(C)c(C)c1C(=O)O. The number of carbonyl (C=O) groups excluding carboxylic acids is 1. The lowest BCUT2D eigenvalue weighted by atomic mass is 10.1. The molecule has 0 aliphatic rings. The Morgan fingerprint density at radius 3 is 2.70 bits per heavy atom. The number of furan rings is 1. The molecule has 0 saturated heterocycles. The molecular formula is C14H15NO4S. The van der Waals surface area contributed by atoms with E-state index in [0.29, 0.717) is 28.3 Å². The van der Waals surface area contributed by atoms with E-state index in [1.807, 2.05) is 13.8 Å². The van der Waals surface area contributed by atoms with Crippen LogP contribution >= 0.6 is 11.3 Å². The van der Waals surface area contributed by atoms with Crippen molar-refractivity contribution in [3.05, 3.63) is 39.7 Å². The number of carboxylic acid groups (broad SMARTS) is 1. The van der Waals surface area contributed by atoms with Gasteiger partial charge in [-0.25, -0.2) is 4.79 Å². The van der Waals surface area contributed by atoms with Gasteiger partial charge >= 0.3 is 5.97 Å². The van der Waals surface area contributed by atoms with Crippen molar-refractivity contribution < 1.29 is 19.1 Å². The Balaban J connectivity index is 2.33. The van der Waals surface area contributed by atoms with Crippen LogP contribution in [0, 0.1) is 13.8 Å². The highest BCUT2D eigenvalue weighted by Gasteiger charge is 2.22. The normalized spacial score (nSPS) is 10.6. The third-order valence-corrected chi connectivity index (χ3v) is 4.26. The standard InChI is InChI=1S/C14H15NO4S/c1-4-10-9(5-6-19-10)12(16)15-13-11(14(17)18)7(2)8(3)20-13/h5-6H,4H2,1-3H3,(H,15,16)(H,17,18). The van der Waals surface area contributed by atoms with Crippen LogP contribution in [0.4, 0.5) is 5.00 Å². The second-order valence-corrected chi connectivity index (χ2v) is 5.58. The van der Waals surface area contributed by atoms with Gasteiger partial charge in [-0.2, -0.15) is 0 Å². The van der Waals surface area contributed by atoms with Gasteiger partial charge in [0.15, 0.2) is 0 Å². The van der Waals surface area contributed by atoms with Gasteiger partial charge < -0.3 is 14.8 Å². The lowest BCUT2D eigenvalue weighted by Crippen LogP contribution is -2.14. The van der Waals surface area contributed by atoms with Gasteiger partial charge in [-0.15, -0.1) is 11.3 Å². The molecule has 0 aromatic carbocycles. The van der Waals surface area contributed by atoms with E-state index in [1.165, 1.54) is 17.6 Å². The highest BCUT2D eigenvalue weighted by Crippen LogP contribution is 2.32. The summed E-state index contributed by atoms with van der Waals surface area (Å²) in [6.45, 7) is 5.45. The molecule has 0 aliphatic heterocycles. The highest BCUT2D eigenvalue weighted by molar-refractivity contribution is 7.16. The van der Waals surface area contributed by atoms with Crippen LogP contribution in [0.3, 0.4) is 0 Å². The largest absolute Gasteiger partial charge is 0.478 e. The fourth-order valence-corrected chi connectivity index (χ4v) is 3.01. The summed E-state index contributed by atoms with van der Waals surface area (Å²) < 4.78 is 5.21. The summed E-state index contributed by atoms with van der Waals surface area (Å²) in [5.74, 6) is -0.797. The molecule has 1 amide bonds. The van der Waals surface area contributed by atoms with Crippen molar-refractivity contribution in [3.8, 4) is 0 Å². The van der Waals surface area contributed by atoms with Crippen molar-refractivity contribution in [1.82, 2.24) is 0 Å². The van der Waals surface area contributed by atoms with Crippen LogP contribution in [0.15, 0.2) is 16.7 Å². The van der Waals surface area contributed by atoms with Crippen LogP contribution in [0.2, 0.25) is 0 Å². The van der Waals surface area contributed by atoms with Gasteiger partial charge in [-0.05, 0) is 25.5 Å². The van der Waals surface area contributed by atoms with Crippen molar-refractivity contribution in [1.29, 1.82) is 0 Å². The molecule has 0 saturated carbocycles. The average molecular weight is 293 g/mol. The van der Waals surface area contributed by atoms with Gasteiger partial charge in [-0.1, -0.05) is 6.92 Å². The summed E-state index contributed by atoms with van der Waals surface area (Å²) >= 11 is 1.26. The summed E-state index contributed by atoms with van der Waals surface area (Å²) in [6, 6.07) is 1.59. The predicted octanol–water partition coefficient (Wildman–Crippen LogP) is 3.47. The number of aromatic carboxylic acids is 1.